The Morgan fingerprint density at radius 1 is 1.25 bits per heavy atom. The lowest BCUT2D eigenvalue weighted by Gasteiger charge is -2.06. The summed E-state index contributed by atoms with van der Waals surface area (Å²) >= 11 is 0. The highest BCUT2D eigenvalue weighted by Gasteiger charge is 2.07. The van der Waals surface area contributed by atoms with Gasteiger partial charge in [-0.2, -0.15) is 0 Å². The molecule has 0 spiro atoms. The number of benzene rings is 1. The lowest BCUT2D eigenvalue weighted by Crippen LogP contribution is -2.01. The van der Waals surface area contributed by atoms with Gasteiger partial charge >= 0.3 is 0 Å². The van der Waals surface area contributed by atoms with Gasteiger partial charge in [-0.05, 0) is 38.5 Å². The molecule has 0 bridgehead atoms. The summed E-state index contributed by atoms with van der Waals surface area (Å²) in [6.07, 6.45) is 0. The molecule has 0 unspecified atom stereocenters. The molecule has 0 fully saturated rings. The van der Waals surface area contributed by atoms with Gasteiger partial charge in [0.1, 0.15) is 5.76 Å². The Bertz CT molecular complexity index is 469. The Kier molecular flexibility index (Phi) is 2.95. The third-order valence-corrected chi connectivity index (χ3v) is 2.67. The van der Waals surface area contributed by atoms with Crippen LogP contribution >= 0.6 is 0 Å². The van der Waals surface area contributed by atoms with Crippen molar-refractivity contribution in [1.29, 1.82) is 0 Å². The number of hydrogen-bond acceptors (Lipinski definition) is 3. The van der Waals surface area contributed by atoms with Crippen LogP contribution < -0.4 is 5.32 Å². The third-order valence-electron chi connectivity index (χ3n) is 2.67. The van der Waals surface area contributed by atoms with Crippen molar-refractivity contribution >= 4 is 5.69 Å². The second-order valence-electron chi connectivity index (χ2n) is 4.03. The minimum atomic E-state index is 0.755. The number of nitrogens with zero attached hydrogens (tertiary/aromatic N) is 1. The zero-order valence-electron chi connectivity index (χ0n) is 9.87. The third kappa shape index (κ3) is 2.24. The van der Waals surface area contributed by atoms with Crippen LogP contribution in [0.4, 0.5) is 5.69 Å². The molecular formula is C13H16N2O. The van der Waals surface area contributed by atoms with Crippen molar-refractivity contribution in [3.63, 3.8) is 0 Å². The van der Waals surface area contributed by atoms with E-state index in [0.29, 0.717) is 0 Å². The second kappa shape index (κ2) is 4.39. The van der Waals surface area contributed by atoms with Crippen molar-refractivity contribution in [2.75, 3.05) is 5.32 Å². The van der Waals surface area contributed by atoms with Crippen molar-refractivity contribution in [1.82, 2.24) is 5.16 Å². The summed E-state index contributed by atoms with van der Waals surface area (Å²) in [5.74, 6) is 0.887. The van der Waals surface area contributed by atoms with E-state index in [0.717, 1.165) is 29.2 Å². The van der Waals surface area contributed by atoms with E-state index in [1.807, 2.05) is 19.9 Å². The van der Waals surface area contributed by atoms with Crippen LogP contribution in [0, 0.1) is 20.8 Å². The molecule has 2 aromatic rings. The predicted octanol–water partition coefficient (Wildman–Crippen LogP) is 3.21. The van der Waals surface area contributed by atoms with Gasteiger partial charge in [0.25, 0.3) is 0 Å². The minimum absolute atomic E-state index is 0.755. The first-order valence-corrected chi connectivity index (χ1v) is 5.39. The van der Waals surface area contributed by atoms with E-state index in [1.54, 1.807) is 0 Å². The molecule has 3 nitrogen and oxygen atoms in total. The van der Waals surface area contributed by atoms with Gasteiger partial charge in [0.15, 0.2) is 0 Å². The molecule has 84 valence electrons. The average molecular weight is 216 g/mol. The molecule has 0 aliphatic heterocycles. The summed E-state index contributed by atoms with van der Waals surface area (Å²) < 4.78 is 5.12. The van der Waals surface area contributed by atoms with Crippen LogP contribution in [-0.2, 0) is 6.54 Å². The van der Waals surface area contributed by atoms with Crippen molar-refractivity contribution in [3.05, 3.63) is 46.8 Å². The molecule has 0 atom stereocenters. The molecule has 1 aromatic carbocycles. The number of nitrogens with one attached hydrogen (secondary N) is 1. The quantitative estimate of drug-likeness (QED) is 0.856. The number of anilines is 1. The second-order valence-corrected chi connectivity index (χ2v) is 4.03. The van der Waals surface area contributed by atoms with E-state index >= 15 is 0 Å². The van der Waals surface area contributed by atoms with Crippen molar-refractivity contribution in [2.45, 2.75) is 27.3 Å². The number of rotatable bonds is 3. The monoisotopic (exact) mass is 216 g/mol. The Labute approximate surface area is 95.5 Å². The lowest BCUT2D eigenvalue weighted by molar-refractivity contribution is 0.392. The number of aryl methyl sites for hydroxylation is 3. The average Bonchev–Trinajstić information content (AvgIpc) is 2.56. The van der Waals surface area contributed by atoms with Gasteiger partial charge in [-0.1, -0.05) is 17.3 Å². The van der Waals surface area contributed by atoms with Gasteiger partial charge in [0.05, 0.1) is 5.69 Å². The van der Waals surface area contributed by atoms with Crippen molar-refractivity contribution < 1.29 is 4.52 Å². The molecule has 0 saturated carbocycles. The molecule has 1 heterocycles. The fourth-order valence-electron chi connectivity index (χ4n) is 1.70. The van der Waals surface area contributed by atoms with E-state index in [1.165, 1.54) is 5.56 Å². The van der Waals surface area contributed by atoms with E-state index in [2.05, 4.69) is 35.6 Å². The first-order valence-electron chi connectivity index (χ1n) is 5.39. The van der Waals surface area contributed by atoms with E-state index < -0.39 is 0 Å². The highest BCUT2D eigenvalue weighted by Crippen LogP contribution is 2.15. The van der Waals surface area contributed by atoms with Gasteiger partial charge in [-0.3, -0.25) is 0 Å². The zero-order chi connectivity index (χ0) is 11.5. The van der Waals surface area contributed by atoms with Crippen LogP contribution in [0.15, 0.2) is 28.8 Å². The van der Waals surface area contributed by atoms with Gasteiger partial charge < -0.3 is 9.84 Å². The molecule has 3 heteroatoms. The Morgan fingerprint density at radius 2 is 2.06 bits per heavy atom. The normalized spacial score (nSPS) is 10.4. The van der Waals surface area contributed by atoms with Gasteiger partial charge in [-0.15, -0.1) is 0 Å². The SMILES string of the molecule is Cc1cccc(NCc2c(C)noc2C)c1. The van der Waals surface area contributed by atoms with E-state index in [-0.39, 0.29) is 0 Å². The minimum Gasteiger partial charge on any atom is -0.381 e. The van der Waals surface area contributed by atoms with Crippen LogP contribution in [-0.4, -0.2) is 5.16 Å². The van der Waals surface area contributed by atoms with Crippen LogP contribution in [0.2, 0.25) is 0 Å². The van der Waals surface area contributed by atoms with Crippen molar-refractivity contribution in [2.24, 2.45) is 0 Å². The maximum atomic E-state index is 5.12. The van der Waals surface area contributed by atoms with Gasteiger partial charge in [0, 0.05) is 17.8 Å². The first-order chi connectivity index (χ1) is 7.66. The van der Waals surface area contributed by atoms with Crippen molar-refractivity contribution in [3.8, 4) is 0 Å². The molecule has 0 radical (unpaired) electrons. The number of aromatic nitrogens is 1. The van der Waals surface area contributed by atoms with Crippen LogP contribution in [0.1, 0.15) is 22.6 Å². The maximum absolute atomic E-state index is 5.12. The molecule has 0 aliphatic carbocycles. The first kappa shape index (κ1) is 10.7. The lowest BCUT2D eigenvalue weighted by atomic mass is 10.2. The fraction of sp³-hybridized carbons (Fsp3) is 0.308. The van der Waals surface area contributed by atoms with Crippen LogP contribution in [0.3, 0.4) is 0 Å². The summed E-state index contributed by atoms with van der Waals surface area (Å²) in [4.78, 5) is 0. The van der Waals surface area contributed by atoms with Crippen LogP contribution in [0.25, 0.3) is 0 Å². The largest absolute Gasteiger partial charge is 0.381 e. The number of hydrogen-bond donors (Lipinski definition) is 1. The molecule has 0 aliphatic rings. The van der Waals surface area contributed by atoms with E-state index in [4.69, 9.17) is 4.52 Å². The Morgan fingerprint density at radius 3 is 2.69 bits per heavy atom. The summed E-state index contributed by atoms with van der Waals surface area (Å²) in [7, 11) is 0. The molecule has 2 rings (SSSR count). The molecule has 1 aromatic heterocycles. The highest BCUT2D eigenvalue weighted by molar-refractivity contribution is 5.46. The molecular weight excluding hydrogens is 200 g/mol. The summed E-state index contributed by atoms with van der Waals surface area (Å²) in [6.45, 7) is 6.74. The Balaban J connectivity index is 2.08. The predicted molar refractivity (Wildman–Crippen MR) is 64.5 cm³/mol. The zero-order valence-corrected chi connectivity index (χ0v) is 9.87. The maximum Gasteiger partial charge on any atom is 0.138 e. The Hall–Kier alpha value is -1.77. The molecule has 0 amide bonds. The van der Waals surface area contributed by atoms with Crippen LogP contribution in [0.5, 0.6) is 0 Å². The molecule has 16 heavy (non-hydrogen) atoms. The summed E-state index contributed by atoms with van der Waals surface area (Å²) in [5.41, 5.74) is 4.47. The van der Waals surface area contributed by atoms with E-state index in [9.17, 15) is 0 Å². The fourth-order valence-corrected chi connectivity index (χ4v) is 1.70. The molecule has 0 saturated heterocycles. The standard InChI is InChI=1S/C13H16N2O/c1-9-5-4-6-12(7-9)14-8-13-10(2)15-16-11(13)3/h4-7,14H,8H2,1-3H3. The van der Waals surface area contributed by atoms with Gasteiger partial charge in [0.2, 0.25) is 0 Å². The smallest absolute Gasteiger partial charge is 0.138 e. The molecule has 1 N–H and O–H groups in total. The topological polar surface area (TPSA) is 38.1 Å². The summed E-state index contributed by atoms with van der Waals surface area (Å²) in [5, 5.41) is 7.30. The summed E-state index contributed by atoms with van der Waals surface area (Å²) in [6, 6.07) is 8.31. The van der Waals surface area contributed by atoms with Gasteiger partial charge in [-0.25, -0.2) is 0 Å². The highest BCUT2D eigenvalue weighted by atomic mass is 16.5.